The highest BCUT2D eigenvalue weighted by atomic mass is 32.2. The Labute approximate surface area is 179 Å². The number of hydrogen-bond acceptors (Lipinski definition) is 6. The molecule has 0 N–H and O–H groups in total. The van der Waals surface area contributed by atoms with Gasteiger partial charge in [0.25, 0.3) is 0 Å². The van der Waals surface area contributed by atoms with E-state index in [1.807, 2.05) is 6.92 Å². The van der Waals surface area contributed by atoms with Crippen molar-refractivity contribution in [2.75, 3.05) is 12.8 Å². The van der Waals surface area contributed by atoms with E-state index >= 15 is 0 Å². The van der Waals surface area contributed by atoms with Gasteiger partial charge in [-0.05, 0) is 59.3 Å². The van der Waals surface area contributed by atoms with E-state index in [-0.39, 0.29) is 29.3 Å². The third-order valence-corrected chi connectivity index (χ3v) is 5.31. The van der Waals surface area contributed by atoms with Gasteiger partial charge in [-0.1, -0.05) is 23.9 Å². The smallest absolute Gasteiger partial charge is 0.406 e. The molecule has 1 unspecified atom stereocenters. The first-order valence-corrected chi connectivity index (χ1v) is 9.91. The van der Waals surface area contributed by atoms with Gasteiger partial charge in [0.15, 0.2) is 0 Å². The molecular weight excluding hydrogens is 438 g/mol. The maximum Gasteiger partial charge on any atom is 0.573 e. The van der Waals surface area contributed by atoms with Crippen molar-refractivity contribution in [3.63, 3.8) is 0 Å². The number of tetrazole rings is 1. The number of carbonyl (C=O) groups excluding carboxylic acids is 1. The van der Waals surface area contributed by atoms with Crippen LogP contribution in [0.2, 0.25) is 0 Å². The Balaban J connectivity index is 1.63. The number of carbonyl (C=O) groups is 1. The van der Waals surface area contributed by atoms with Crippen molar-refractivity contribution in [1.82, 2.24) is 25.1 Å². The largest absolute Gasteiger partial charge is 0.573 e. The van der Waals surface area contributed by atoms with Crippen LogP contribution in [0.1, 0.15) is 18.5 Å². The predicted octanol–water partition coefficient (Wildman–Crippen LogP) is 4.01. The second kappa shape index (κ2) is 9.33. The van der Waals surface area contributed by atoms with Crippen LogP contribution < -0.4 is 4.74 Å². The summed E-state index contributed by atoms with van der Waals surface area (Å²) in [6.07, 6.45) is -4.78. The maximum absolute atomic E-state index is 13.1. The molecule has 2 aromatic carbocycles. The van der Waals surface area contributed by atoms with Crippen LogP contribution >= 0.6 is 11.8 Å². The van der Waals surface area contributed by atoms with Crippen molar-refractivity contribution in [2.45, 2.75) is 24.5 Å². The van der Waals surface area contributed by atoms with Crippen LogP contribution in [0.5, 0.6) is 5.75 Å². The summed E-state index contributed by atoms with van der Waals surface area (Å²) in [6.45, 7) is 1.82. The molecule has 3 aromatic rings. The Morgan fingerprint density at radius 2 is 1.81 bits per heavy atom. The second-order valence-corrected chi connectivity index (χ2v) is 7.38. The first kappa shape index (κ1) is 22.5. The van der Waals surface area contributed by atoms with Crippen molar-refractivity contribution in [3.8, 4) is 11.4 Å². The zero-order chi connectivity index (χ0) is 22.6. The first-order chi connectivity index (χ1) is 14.6. The van der Waals surface area contributed by atoms with Crippen molar-refractivity contribution in [2.24, 2.45) is 0 Å². The molecule has 0 aliphatic heterocycles. The van der Waals surface area contributed by atoms with Crippen molar-refractivity contribution in [3.05, 3.63) is 59.9 Å². The molecule has 1 heterocycles. The van der Waals surface area contributed by atoms with Gasteiger partial charge in [0.1, 0.15) is 11.6 Å². The molecule has 1 aromatic heterocycles. The highest BCUT2D eigenvalue weighted by Gasteiger charge is 2.31. The normalized spacial score (nSPS) is 12.5. The molecule has 0 aliphatic rings. The predicted molar refractivity (Wildman–Crippen MR) is 104 cm³/mol. The number of hydrogen-bond donors (Lipinski definition) is 0. The summed E-state index contributed by atoms with van der Waals surface area (Å²) in [5.74, 6) is -0.904. The van der Waals surface area contributed by atoms with Crippen molar-refractivity contribution in [1.29, 1.82) is 0 Å². The fourth-order valence-corrected chi connectivity index (χ4v) is 3.44. The lowest BCUT2D eigenvalue weighted by atomic mass is 10.1. The summed E-state index contributed by atoms with van der Waals surface area (Å²) < 4.78 is 55.1. The minimum Gasteiger partial charge on any atom is -0.406 e. The molecule has 1 amide bonds. The number of thioether (sulfide) groups is 1. The van der Waals surface area contributed by atoms with Gasteiger partial charge in [-0.15, -0.1) is 18.3 Å². The van der Waals surface area contributed by atoms with E-state index in [2.05, 4.69) is 20.3 Å². The molecule has 7 nitrogen and oxygen atoms in total. The van der Waals surface area contributed by atoms with E-state index in [1.165, 1.54) is 33.8 Å². The molecule has 0 aliphatic carbocycles. The number of amides is 1. The van der Waals surface area contributed by atoms with Crippen LogP contribution in [0.3, 0.4) is 0 Å². The molecule has 0 spiro atoms. The Hall–Kier alpha value is -3.15. The average molecular weight is 455 g/mol. The summed E-state index contributed by atoms with van der Waals surface area (Å²) in [4.78, 5) is 14.1. The van der Waals surface area contributed by atoms with Crippen LogP contribution in [0, 0.1) is 5.82 Å². The molecule has 0 radical (unpaired) electrons. The lowest BCUT2D eigenvalue weighted by molar-refractivity contribution is -0.274. The van der Waals surface area contributed by atoms with Gasteiger partial charge in [-0.2, -0.15) is 4.68 Å². The van der Waals surface area contributed by atoms with Gasteiger partial charge >= 0.3 is 6.36 Å². The Kier molecular flexibility index (Phi) is 6.78. The highest BCUT2D eigenvalue weighted by Crippen LogP contribution is 2.26. The zero-order valence-electron chi connectivity index (χ0n) is 16.4. The average Bonchev–Trinajstić information content (AvgIpc) is 3.19. The molecular formula is C19H17F4N5O2S. The molecule has 0 saturated heterocycles. The molecule has 31 heavy (non-hydrogen) atoms. The second-order valence-electron chi connectivity index (χ2n) is 6.44. The van der Waals surface area contributed by atoms with Gasteiger partial charge in [-0.25, -0.2) is 4.39 Å². The molecule has 164 valence electrons. The van der Waals surface area contributed by atoms with Crippen molar-refractivity contribution >= 4 is 17.7 Å². The van der Waals surface area contributed by atoms with E-state index in [1.54, 1.807) is 19.2 Å². The minimum absolute atomic E-state index is 0.0255. The quantitative estimate of drug-likeness (QED) is 0.396. The summed E-state index contributed by atoms with van der Waals surface area (Å²) >= 11 is 1.08. The number of aromatic nitrogens is 4. The zero-order valence-corrected chi connectivity index (χ0v) is 17.2. The van der Waals surface area contributed by atoms with Gasteiger partial charge in [-0.3, -0.25) is 4.79 Å². The lowest BCUT2D eigenvalue weighted by Gasteiger charge is -2.25. The fraction of sp³-hybridized carbons (Fsp3) is 0.263. The summed E-state index contributed by atoms with van der Waals surface area (Å²) in [5, 5.41) is 11.5. The highest BCUT2D eigenvalue weighted by molar-refractivity contribution is 7.99. The molecule has 0 saturated carbocycles. The first-order valence-electron chi connectivity index (χ1n) is 8.92. The van der Waals surface area contributed by atoms with Gasteiger partial charge in [0.2, 0.25) is 11.1 Å². The molecule has 1 atom stereocenters. The number of rotatable bonds is 7. The molecule has 0 fully saturated rings. The number of alkyl halides is 3. The van der Waals surface area contributed by atoms with Gasteiger partial charge in [0, 0.05) is 7.05 Å². The summed E-state index contributed by atoms with van der Waals surface area (Å²) in [5.41, 5.74) is 1.19. The van der Waals surface area contributed by atoms with Crippen LogP contribution in [-0.2, 0) is 4.79 Å². The number of benzene rings is 2. The van der Waals surface area contributed by atoms with Gasteiger partial charge in [0.05, 0.1) is 17.5 Å². The SMILES string of the molecule is CC(c1ccc(F)cc1)N(C)C(=O)CSc1nnnn1-c1ccc(OC(F)(F)F)cc1. The summed E-state index contributed by atoms with van der Waals surface area (Å²) in [7, 11) is 1.64. The van der Waals surface area contributed by atoms with Crippen LogP contribution in [0.25, 0.3) is 5.69 Å². The van der Waals surface area contributed by atoms with Crippen LogP contribution in [-0.4, -0.2) is 50.2 Å². The van der Waals surface area contributed by atoms with E-state index in [0.717, 1.165) is 29.5 Å². The fourth-order valence-electron chi connectivity index (χ4n) is 2.63. The lowest BCUT2D eigenvalue weighted by Crippen LogP contribution is -2.31. The van der Waals surface area contributed by atoms with Gasteiger partial charge < -0.3 is 9.64 Å². The molecule has 3 rings (SSSR count). The monoisotopic (exact) mass is 455 g/mol. The van der Waals surface area contributed by atoms with Crippen LogP contribution in [0.4, 0.5) is 17.6 Å². The van der Waals surface area contributed by atoms with E-state index < -0.39 is 6.36 Å². The Morgan fingerprint density at radius 3 is 2.42 bits per heavy atom. The van der Waals surface area contributed by atoms with E-state index in [9.17, 15) is 22.4 Å². The maximum atomic E-state index is 13.1. The third kappa shape index (κ3) is 5.94. The number of ether oxygens (including phenoxy) is 1. The minimum atomic E-state index is -4.78. The summed E-state index contributed by atoms with van der Waals surface area (Å²) in [6, 6.07) is 10.6. The van der Waals surface area contributed by atoms with E-state index in [0.29, 0.717) is 10.8 Å². The Bertz CT molecular complexity index is 1030. The van der Waals surface area contributed by atoms with Crippen molar-refractivity contribution < 1.29 is 27.1 Å². The number of halogens is 4. The molecule has 0 bridgehead atoms. The number of nitrogens with zero attached hydrogens (tertiary/aromatic N) is 5. The van der Waals surface area contributed by atoms with E-state index in [4.69, 9.17) is 0 Å². The Morgan fingerprint density at radius 1 is 1.16 bits per heavy atom. The topological polar surface area (TPSA) is 73.1 Å². The van der Waals surface area contributed by atoms with Crippen LogP contribution in [0.15, 0.2) is 53.7 Å². The standard InChI is InChI=1S/C19H17F4N5O2S/c1-12(13-3-5-14(20)6-4-13)27(2)17(29)11-31-18-24-25-26-28(18)15-7-9-16(10-8-15)30-19(21,22)23/h3-10,12H,11H2,1-2H3. The molecule has 12 heteroatoms. The third-order valence-electron chi connectivity index (χ3n) is 4.41.